The summed E-state index contributed by atoms with van der Waals surface area (Å²) in [5.41, 5.74) is 5.60. The van der Waals surface area contributed by atoms with Gasteiger partial charge in [0.1, 0.15) is 0 Å². The van der Waals surface area contributed by atoms with E-state index in [4.69, 9.17) is 0 Å². The average molecular weight is 407 g/mol. The van der Waals surface area contributed by atoms with E-state index in [9.17, 15) is 23.1 Å². The van der Waals surface area contributed by atoms with Crippen LogP contribution in [0, 0.1) is 0 Å². The number of carbonyl (C=O) groups is 1. The highest BCUT2D eigenvalue weighted by Gasteiger charge is 2.32. The molecule has 150 valence electrons. The van der Waals surface area contributed by atoms with Crippen molar-refractivity contribution >= 4 is 23.4 Å². The Morgan fingerprint density at radius 3 is 2.43 bits per heavy atom. The largest absolute Gasteiger partial charge is 0.478 e. The Kier molecular flexibility index (Phi) is 4.94. The van der Waals surface area contributed by atoms with Gasteiger partial charge in [-0.05, 0) is 48.0 Å². The van der Waals surface area contributed by atoms with Gasteiger partial charge >= 0.3 is 12.1 Å². The molecule has 4 rings (SSSR count). The van der Waals surface area contributed by atoms with Crippen LogP contribution in [0.15, 0.2) is 84.2 Å². The fourth-order valence-electron chi connectivity index (χ4n) is 3.41. The summed E-state index contributed by atoms with van der Waals surface area (Å²) in [6.45, 7) is 0. The molecule has 3 nitrogen and oxygen atoms in total. The van der Waals surface area contributed by atoms with Crippen LogP contribution in [-0.4, -0.2) is 11.1 Å². The number of anilines is 2. The van der Waals surface area contributed by atoms with E-state index in [2.05, 4.69) is 5.73 Å². The van der Waals surface area contributed by atoms with E-state index >= 15 is 0 Å². The second kappa shape index (κ2) is 7.58. The van der Waals surface area contributed by atoms with E-state index in [1.807, 2.05) is 30.3 Å². The first-order valence-corrected chi connectivity index (χ1v) is 9.17. The molecule has 0 aromatic heterocycles. The Morgan fingerprint density at radius 2 is 1.73 bits per heavy atom. The van der Waals surface area contributed by atoms with Crippen molar-refractivity contribution in [3.8, 4) is 0 Å². The van der Waals surface area contributed by atoms with Crippen molar-refractivity contribution in [1.29, 1.82) is 0 Å². The summed E-state index contributed by atoms with van der Waals surface area (Å²) in [5.74, 6) is -1.08. The van der Waals surface area contributed by atoms with Crippen molar-refractivity contribution in [2.24, 2.45) is 0 Å². The maximum Gasteiger partial charge on any atom is 0.416 e. The summed E-state index contributed by atoms with van der Waals surface area (Å²) in [6, 6.07) is 19.4. The summed E-state index contributed by atoms with van der Waals surface area (Å²) in [5, 5.41) is 9.36. The zero-order valence-electron chi connectivity index (χ0n) is 15.6. The van der Waals surface area contributed by atoms with Crippen LogP contribution >= 0.6 is 0 Å². The minimum absolute atomic E-state index is 0.0922. The number of alkyl halides is 3. The van der Waals surface area contributed by atoms with Gasteiger partial charge in [0.2, 0.25) is 0 Å². The van der Waals surface area contributed by atoms with Crippen LogP contribution in [0.2, 0.25) is 0 Å². The van der Waals surface area contributed by atoms with E-state index in [-0.39, 0.29) is 5.56 Å². The van der Waals surface area contributed by atoms with E-state index < -0.39 is 17.7 Å². The number of aromatic carboxylic acids is 1. The molecule has 1 N–H and O–H groups in total. The third-order valence-electron chi connectivity index (χ3n) is 4.83. The zero-order valence-corrected chi connectivity index (χ0v) is 15.6. The average Bonchev–Trinajstić information content (AvgIpc) is 2.73. The molecule has 0 atom stereocenters. The predicted molar refractivity (Wildman–Crippen MR) is 109 cm³/mol. The van der Waals surface area contributed by atoms with Crippen LogP contribution in [0.1, 0.15) is 27.0 Å². The van der Waals surface area contributed by atoms with Crippen molar-refractivity contribution in [2.45, 2.75) is 12.6 Å². The zero-order chi connectivity index (χ0) is 21.3. The summed E-state index contributed by atoms with van der Waals surface area (Å²) < 4.78 is 39.5. The Bertz CT molecular complexity index is 1180. The maximum atomic E-state index is 13.2. The van der Waals surface area contributed by atoms with Crippen LogP contribution in [-0.2, 0) is 12.6 Å². The Labute approximate surface area is 171 Å². The van der Waals surface area contributed by atoms with Gasteiger partial charge in [-0.3, -0.25) is 0 Å². The molecule has 30 heavy (non-hydrogen) atoms. The lowest BCUT2D eigenvalue weighted by molar-refractivity contribution is -0.137. The second-order valence-electron chi connectivity index (χ2n) is 6.86. The van der Waals surface area contributed by atoms with Crippen molar-refractivity contribution < 1.29 is 23.1 Å². The third kappa shape index (κ3) is 3.86. The highest BCUT2D eigenvalue weighted by molar-refractivity contribution is 5.90. The standard InChI is InChI=1S/C24H16F3NO2/c25-24(26,27)19-10-12-22-17(14-19)9-11-21(13-16-5-2-1-3-6-16)28(22)20-8-4-7-18(15-20)23(29)30/h1-10,12,14-15H,13H2,(H,29,30). The maximum absolute atomic E-state index is 13.2. The number of nitrogens with zero attached hydrogens (tertiary/aromatic N) is 1. The van der Waals surface area contributed by atoms with Crippen LogP contribution in [0.3, 0.4) is 0 Å². The number of carboxylic acids is 1. The van der Waals surface area contributed by atoms with E-state index in [0.717, 1.165) is 17.7 Å². The van der Waals surface area contributed by atoms with E-state index in [1.165, 1.54) is 18.2 Å². The third-order valence-corrected chi connectivity index (χ3v) is 4.83. The van der Waals surface area contributed by atoms with Crippen molar-refractivity contribution in [2.75, 3.05) is 4.90 Å². The molecule has 0 radical (unpaired) electrons. The summed E-state index contributed by atoms with van der Waals surface area (Å²) in [6.07, 6.45) is -2.43. The molecule has 0 saturated heterocycles. The molecule has 0 aliphatic carbocycles. The number of rotatable bonds is 4. The van der Waals surface area contributed by atoms with E-state index in [0.29, 0.717) is 29.1 Å². The SMILES string of the molecule is O=C(O)c1cccc(N2C(Cc3ccccc3)=C=Cc3cc(C(F)(F)F)ccc32)c1. The summed E-state index contributed by atoms with van der Waals surface area (Å²) in [7, 11) is 0. The lowest BCUT2D eigenvalue weighted by atomic mass is 10.00. The normalized spacial score (nSPS) is 13.0. The number of allylic oxidation sites excluding steroid dienone is 1. The van der Waals surface area contributed by atoms with Gasteiger partial charge in [0.15, 0.2) is 0 Å². The number of hydrogen-bond donors (Lipinski definition) is 1. The lowest BCUT2D eigenvalue weighted by Gasteiger charge is -2.30. The van der Waals surface area contributed by atoms with Crippen LogP contribution in [0.4, 0.5) is 24.5 Å². The van der Waals surface area contributed by atoms with Gasteiger partial charge in [-0.15, -0.1) is 0 Å². The van der Waals surface area contributed by atoms with Gasteiger partial charge in [0.05, 0.1) is 22.5 Å². The molecular formula is C24H16F3NO2. The topological polar surface area (TPSA) is 40.5 Å². The molecule has 1 aliphatic heterocycles. The van der Waals surface area contributed by atoms with Crippen molar-refractivity contribution in [3.63, 3.8) is 0 Å². The smallest absolute Gasteiger partial charge is 0.416 e. The molecule has 0 unspecified atom stereocenters. The fraction of sp³-hybridized carbons (Fsp3) is 0.0833. The van der Waals surface area contributed by atoms with Crippen LogP contribution in [0.5, 0.6) is 0 Å². The predicted octanol–water partition coefficient (Wildman–Crippen LogP) is 6.29. The van der Waals surface area contributed by atoms with Crippen LogP contribution < -0.4 is 4.90 Å². The van der Waals surface area contributed by atoms with Gasteiger partial charge in [-0.1, -0.05) is 42.1 Å². The molecule has 1 aliphatic rings. The molecule has 0 bridgehead atoms. The molecule has 3 aromatic carbocycles. The highest BCUT2D eigenvalue weighted by atomic mass is 19.4. The van der Waals surface area contributed by atoms with Crippen LogP contribution in [0.25, 0.3) is 6.08 Å². The molecule has 0 spiro atoms. The first kappa shape index (κ1) is 19.6. The molecule has 3 aromatic rings. The number of fused-ring (bicyclic) bond motifs is 1. The van der Waals surface area contributed by atoms with Gasteiger partial charge in [-0.25, -0.2) is 4.79 Å². The molecule has 6 heteroatoms. The van der Waals surface area contributed by atoms with E-state index in [1.54, 1.807) is 23.1 Å². The first-order chi connectivity index (χ1) is 14.3. The highest BCUT2D eigenvalue weighted by Crippen LogP contribution is 2.40. The number of carboxylic acid groups (broad SMARTS) is 1. The Morgan fingerprint density at radius 1 is 0.967 bits per heavy atom. The van der Waals surface area contributed by atoms with Crippen molar-refractivity contribution in [1.82, 2.24) is 0 Å². The van der Waals surface area contributed by atoms with Gasteiger partial charge < -0.3 is 10.0 Å². The Balaban J connectivity index is 1.86. The first-order valence-electron chi connectivity index (χ1n) is 9.17. The number of halogens is 3. The molecule has 0 fully saturated rings. The van der Waals surface area contributed by atoms with Crippen molar-refractivity contribution in [3.05, 3.63) is 106 Å². The summed E-state index contributed by atoms with van der Waals surface area (Å²) in [4.78, 5) is 13.2. The van der Waals surface area contributed by atoms with Gasteiger partial charge in [0.25, 0.3) is 0 Å². The quantitative estimate of drug-likeness (QED) is 0.517. The monoisotopic (exact) mass is 407 g/mol. The minimum atomic E-state index is -4.45. The van der Waals surface area contributed by atoms with Gasteiger partial charge in [0, 0.05) is 17.7 Å². The molecule has 0 saturated carbocycles. The second-order valence-corrected chi connectivity index (χ2v) is 6.86. The molecule has 1 heterocycles. The molecular weight excluding hydrogens is 391 g/mol. The van der Waals surface area contributed by atoms with Gasteiger partial charge in [-0.2, -0.15) is 13.2 Å². The summed E-state index contributed by atoms with van der Waals surface area (Å²) >= 11 is 0. The minimum Gasteiger partial charge on any atom is -0.478 e. The fourth-order valence-corrected chi connectivity index (χ4v) is 3.41. The molecule has 0 amide bonds. The number of benzene rings is 3. The Hall–Kier alpha value is -3.76. The lowest BCUT2D eigenvalue weighted by Crippen LogP contribution is -2.21. The number of hydrogen-bond acceptors (Lipinski definition) is 2.